The third-order valence-electron chi connectivity index (χ3n) is 3.97. The summed E-state index contributed by atoms with van der Waals surface area (Å²) in [4.78, 5) is 14.3. The van der Waals surface area contributed by atoms with E-state index in [4.69, 9.17) is 4.42 Å². The van der Waals surface area contributed by atoms with Crippen LogP contribution in [0.3, 0.4) is 0 Å². The summed E-state index contributed by atoms with van der Waals surface area (Å²) in [5.41, 5.74) is 0.886. The SMILES string of the molecule is C[C@@H]1C[C@@H](C)CN(C(=O)CSc2nnc(-c3ccccc3)o2)C1. The monoisotopic (exact) mass is 331 g/mol. The van der Waals surface area contributed by atoms with Crippen molar-refractivity contribution in [2.75, 3.05) is 18.8 Å². The molecule has 1 aromatic heterocycles. The zero-order chi connectivity index (χ0) is 16.2. The van der Waals surface area contributed by atoms with E-state index in [1.165, 1.54) is 18.2 Å². The van der Waals surface area contributed by atoms with Crippen LogP contribution in [0.4, 0.5) is 0 Å². The van der Waals surface area contributed by atoms with Crippen molar-refractivity contribution in [2.45, 2.75) is 25.5 Å². The van der Waals surface area contributed by atoms with Crippen LogP contribution in [0.5, 0.6) is 0 Å². The normalized spacial score (nSPS) is 21.4. The Balaban J connectivity index is 1.56. The number of hydrogen-bond donors (Lipinski definition) is 0. The molecular weight excluding hydrogens is 310 g/mol. The quantitative estimate of drug-likeness (QED) is 0.804. The van der Waals surface area contributed by atoms with Crippen LogP contribution in [0.1, 0.15) is 20.3 Å². The van der Waals surface area contributed by atoms with E-state index in [1.807, 2.05) is 35.2 Å². The molecule has 0 unspecified atom stereocenters. The van der Waals surface area contributed by atoms with Gasteiger partial charge in [-0.1, -0.05) is 43.8 Å². The molecule has 3 rings (SSSR count). The highest BCUT2D eigenvalue weighted by molar-refractivity contribution is 7.99. The smallest absolute Gasteiger partial charge is 0.277 e. The number of piperidine rings is 1. The molecule has 1 aliphatic heterocycles. The van der Waals surface area contributed by atoms with Gasteiger partial charge in [0.25, 0.3) is 5.22 Å². The van der Waals surface area contributed by atoms with Crippen molar-refractivity contribution in [1.82, 2.24) is 15.1 Å². The Morgan fingerprint density at radius 3 is 2.61 bits per heavy atom. The fourth-order valence-corrected chi connectivity index (χ4v) is 3.71. The maximum atomic E-state index is 12.4. The number of benzene rings is 1. The Labute approximate surface area is 140 Å². The van der Waals surface area contributed by atoms with Crippen LogP contribution >= 0.6 is 11.8 Å². The lowest BCUT2D eigenvalue weighted by Gasteiger charge is -2.34. The standard InChI is InChI=1S/C17H21N3O2S/c1-12-8-13(2)10-20(9-12)15(21)11-23-17-19-18-16(22-17)14-6-4-3-5-7-14/h3-7,12-13H,8-11H2,1-2H3/t12-,13-/m1/s1. The summed E-state index contributed by atoms with van der Waals surface area (Å²) in [6, 6.07) is 9.63. The first-order chi connectivity index (χ1) is 11.1. The molecule has 1 fully saturated rings. The highest BCUT2D eigenvalue weighted by atomic mass is 32.2. The van der Waals surface area contributed by atoms with Crippen molar-refractivity contribution in [3.8, 4) is 11.5 Å². The number of carbonyl (C=O) groups excluding carboxylic acids is 1. The van der Waals surface area contributed by atoms with Gasteiger partial charge in [0.05, 0.1) is 5.75 Å². The van der Waals surface area contributed by atoms with Gasteiger partial charge < -0.3 is 9.32 Å². The second kappa shape index (κ2) is 7.17. The molecule has 0 aliphatic carbocycles. The summed E-state index contributed by atoms with van der Waals surface area (Å²) < 4.78 is 5.62. The molecule has 2 aromatic rings. The summed E-state index contributed by atoms with van der Waals surface area (Å²) in [7, 11) is 0. The van der Waals surface area contributed by atoms with E-state index in [2.05, 4.69) is 24.0 Å². The van der Waals surface area contributed by atoms with E-state index in [1.54, 1.807) is 0 Å². The molecule has 5 nitrogen and oxygen atoms in total. The van der Waals surface area contributed by atoms with Crippen LogP contribution in [0.15, 0.2) is 40.0 Å². The molecular formula is C17H21N3O2S. The third-order valence-corrected chi connectivity index (χ3v) is 4.77. The van der Waals surface area contributed by atoms with E-state index in [-0.39, 0.29) is 5.91 Å². The summed E-state index contributed by atoms with van der Waals surface area (Å²) >= 11 is 1.31. The summed E-state index contributed by atoms with van der Waals surface area (Å²) in [5.74, 6) is 2.12. The van der Waals surface area contributed by atoms with Gasteiger partial charge in [0, 0.05) is 18.7 Å². The van der Waals surface area contributed by atoms with E-state index < -0.39 is 0 Å². The Morgan fingerprint density at radius 1 is 1.22 bits per heavy atom. The minimum atomic E-state index is 0.146. The average Bonchev–Trinajstić information content (AvgIpc) is 3.01. The topological polar surface area (TPSA) is 59.2 Å². The molecule has 2 heterocycles. The molecule has 2 atom stereocenters. The van der Waals surface area contributed by atoms with E-state index in [9.17, 15) is 4.79 Å². The van der Waals surface area contributed by atoms with Crippen molar-refractivity contribution in [3.05, 3.63) is 30.3 Å². The van der Waals surface area contributed by atoms with Crippen molar-refractivity contribution in [3.63, 3.8) is 0 Å². The maximum Gasteiger partial charge on any atom is 0.277 e. The van der Waals surface area contributed by atoms with E-state index in [0.29, 0.717) is 28.7 Å². The van der Waals surface area contributed by atoms with Crippen LogP contribution in [0.2, 0.25) is 0 Å². The molecule has 1 aromatic carbocycles. The first kappa shape index (κ1) is 16.1. The van der Waals surface area contributed by atoms with Gasteiger partial charge in [0.2, 0.25) is 11.8 Å². The molecule has 0 bridgehead atoms. The maximum absolute atomic E-state index is 12.4. The summed E-state index contributed by atoms with van der Waals surface area (Å²) in [6.07, 6.45) is 1.20. The van der Waals surface area contributed by atoms with Gasteiger partial charge in [-0.3, -0.25) is 4.79 Å². The largest absolute Gasteiger partial charge is 0.411 e. The number of aromatic nitrogens is 2. The Morgan fingerprint density at radius 2 is 1.91 bits per heavy atom. The predicted octanol–water partition coefficient (Wildman–Crippen LogP) is 3.33. The number of thioether (sulfide) groups is 1. The van der Waals surface area contributed by atoms with Gasteiger partial charge in [0.15, 0.2) is 0 Å². The molecule has 0 radical (unpaired) electrons. The fraction of sp³-hybridized carbons (Fsp3) is 0.471. The van der Waals surface area contributed by atoms with Crippen LogP contribution in [0, 0.1) is 11.8 Å². The highest BCUT2D eigenvalue weighted by Gasteiger charge is 2.25. The predicted molar refractivity (Wildman–Crippen MR) is 90.0 cm³/mol. The molecule has 6 heteroatoms. The lowest BCUT2D eigenvalue weighted by molar-refractivity contribution is -0.130. The molecule has 0 N–H and O–H groups in total. The molecule has 1 saturated heterocycles. The number of hydrogen-bond acceptors (Lipinski definition) is 5. The van der Waals surface area contributed by atoms with Gasteiger partial charge in [-0.15, -0.1) is 10.2 Å². The lowest BCUT2D eigenvalue weighted by Crippen LogP contribution is -2.43. The molecule has 122 valence electrons. The van der Waals surface area contributed by atoms with E-state index >= 15 is 0 Å². The van der Waals surface area contributed by atoms with Crippen molar-refractivity contribution >= 4 is 17.7 Å². The second-order valence-electron chi connectivity index (χ2n) is 6.27. The Hall–Kier alpha value is -1.82. The molecule has 0 saturated carbocycles. The highest BCUT2D eigenvalue weighted by Crippen LogP contribution is 2.25. The van der Waals surface area contributed by atoms with Gasteiger partial charge >= 0.3 is 0 Å². The van der Waals surface area contributed by atoms with Gasteiger partial charge in [-0.05, 0) is 30.4 Å². The third kappa shape index (κ3) is 4.13. The number of amides is 1. The zero-order valence-electron chi connectivity index (χ0n) is 13.4. The lowest BCUT2D eigenvalue weighted by atomic mass is 9.92. The Bertz CT molecular complexity index is 649. The summed E-state index contributed by atoms with van der Waals surface area (Å²) in [5, 5.41) is 8.49. The van der Waals surface area contributed by atoms with Crippen LogP contribution < -0.4 is 0 Å². The second-order valence-corrected chi connectivity index (χ2v) is 7.20. The Kier molecular flexibility index (Phi) is 5.00. The van der Waals surface area contributed by atoms with Crippen LogP contribution in [0.25, 0.3) is 11.5 Å². The van der Waals surface area contributed by atoms with Crippen molar-refractivity contribution < 1.29 is 9.21 Å². The molecule has 23 heavy (non-hydrogen) atoms. The van der Waals surface area contributed by atoms with Crippen molar-refractivity contribution in [1.29, 1.82) is 0 Å². The minimum Gasteiger partial charge on any atom is -0.411 e. The van der Waals surface area contributed by atoms with Gasteiger partial charge in [0.1, 0.15) is 0 Å². The molecule has 0 spiro atoms. The average molecular weight is 331 g/mol. The van der Waals surface area contributed by atoms with Crippen molar-refractivity contribution in [2.24, 2.45) is 11.8 Å². The number of rotatable bonds is 4. The zero-order valence-corrected chi connectivity index (χ0v) is 14.3. The number of carbonyl (C=O) groups is 1. The minimum absolute atomic E-state index is 0.146. The van der Waals surface area contributed by atoms with Gasteiger partial charge in [-0.25, -0.2) is 0 Å². The molecule has 1 aliphatic rings. The van der Waals surface area contributed by atoms with E-state index in [0.717, 1.165) is 18.7 Å². The molecule has 1 amide bonds. The van der Waals surface area contributed by atoms with Crippen LogP contribution in [-0.4, -0.2) is 39.8 Å². The number of nitrogens with zero attached hydrogens (tertiary/aromatic N) is 3. The fourth-order valence-electron chi connectivity index (χ4n) is 3.05. The number of likely N-dealkylation sites (tertiary alicyclic amines) is 1. The first-order valence-corrected chi connectivity index (χ1v) is 8.90. The summed E-state index contributed by atoms with van der Waals surface area (Å²) in [6.45, 7) is 6.10. The van der Waals surface area contributed by atoms with Crippen LogP contribution in [-0.2, 0) is 4.79 Å². The van der Waals surface area contributed by atoms with Gasteiger partial charge in [-0.2, -0.15) is 0 Å². The first-order valence-electron chi connectivity index (χ1n) is 7.91.